The molecule has 0 aliphatic rings. The van der Waals surface area contributed by atoms with Gasteiger partial charge in [0.05, 0.1) is 17.9 Å². The number of amides is 2. The van der Waals surface area contributed by atoms with Gasteiger partial charge in [0.15, 0.2) is 0 Å². The fraction of sp³-hybridized carbons (Fsp3) is 0.333. The molecule has 0 saturated heterocycles. The Labute approximate surface area is 124 Å². The molecule has 0 heterocycles. The van der Waals surface area contributed by atoms with Gasteiger partial charge in [-0.3, -0.25) is 0 Å². The molecule has 0 fully saturated rings. The summed E-state index contributed by atoms with van der Waals surface area (Å²) in [7, 11) is 0. The lowest BCUT2D eigenvalue weighted by molar-refractivity contribution is 0.0698. The van der Waals surface area contributed by atoms with Crippen LogP contribution in [0.15, 0.2) is 18.2 Å². The van der Waals surface area contributed by atoms with Gasteiger partial charge in [0, 0.05) is 16.7 Å². The summed E-state index contributed by atoms with van der Waals surface area (Å²) in [5, 5.41) is 14.1. The number of rotatable bonds is 6. The third-order valence-electron chi connectivity index (χ3n) is 2.20. The molecule has 1 aromatic rings. The van der Waals surface area contributed by atoms with E-state index in [2.05, 4.69) is 10.6 Å². The molecular formula is C12H15IN2O4. The fourth-order valence-corrected chi connectivity index (χ4v) is 1.84. The number of hydrogen-bond donors (Lipinski definition) is 3. The van der Waals surface area contributed by atoms with Gasteiger partial charge < -0.3 is 20.5 Å². The van der Waals surface area contributed by atoms with Crippen LogP contribution in [-0.4, -0.2) is 36.9 Å². The van der Waals surface area contributed by atoms with Crippen molar-refractivity contribution < 1.29 is 19.4 Å². The van der Waals surface area contributed by atoms with Crippen molar-refractivity contribution in [3.63, 3.8) is 0 Å². The summed E-state index contributed by atoms with van der Waals surface area (Å²) in [5.74, 6) is -1.08. The zero-order valence-electron chi connectivity index (χ0n) is 10.4. The average molecular weight is 378 g/mol. The second-order valence-corrected chi connectivity index (χ2v) is 4.82. The third-order valence-corrected chi connectivity index (χ3v) is 2.87. The van der Waals surface area contributed by atoms with E-state index in [1.54, 1.807) is 12.1 Å². The number of ether oxygens (including phenoxy) is 1. The van der Waals surface area contributed by atoms with E-state index in [9.17, 15) is 9.59 Å². The summed E-state index contributed by atoms with van der Waals surface area (Å²) in [5.41, 5.74) is 0.327. The largest absolute Gasteiger partial charge is 0.478 e. The van der Waals surface area contributed by atoms with Gasteiger partial charge in [0.1, 0.15) is 0 Å². The van der Waals surface area contributed by atoms with Gasteiger partial charge in [-0.25, -0.2) is 9.59 Å². The first kappa shape index (κ1) is 15.7. The van der Waals surface area contributed by atoms with Crippen LogP contribution in [0.1, 0.15) is 17.3 Å². The molecule has 19 heavy (non-hydrogen) atoms. The summed E-state index contributed by atoms with van der Waals surface area (Å²) in [4.78, 5) is 22.6. The van der Waals surface area contributed by atoms with Gasteiger partial charge in [-0.1, -0.05) is 0 Å². The molecule has 2 amide bonds. The van der Waals surface area contributed by atoms with Crippen molar-refractivity contribution in [2.75, 3.05) is 25.1 Å². The highest BCUT2D eigenvalue weighted by molar-refractivity contribution is 14.1. The molecule has 0 radical (unpaired) electrons. The van der Waals surface area contributed by atoms with Crippen molar-refractivity contribution >= 4 is 40.3 Å². The van der Waals surface area contributed by atoms with Crippen LogP contribution in [0.5, 0.6) is 0 Å². The normalized spacial score (nSPS) is 10.0. The van der Waals surface area contributed by atoms with E-state index in [1.165, 1.54) is 6.07 Å². The number of aromatic carboxylic acids is 1. The van der Waals surface area contributed by atoms with E-state index in [4.69, 9.17) is 9.84 Å². The molecule has 7 heteroatoms. The average Bonchev–Trinajstić information content (AvgIpc) is 2.36. The van der Waals surface area contributed by atoms with E-state index in [0.29, 0.717) is 19.8 Å². The van der Waals surface area contributed by atoms with E-state index in [0.717, 1.165) is 3.57 Å². The standard InChI is InChI=1S/C12H15IN2O4/c1-2-19-6-5-14-12(18)15-10-4-3-8(13)7-9(10)11(16)17/h3-4,7H,2,5-6H2,1H3,(H,16,17)(H2,14,15,18). The summed E-state index contributed by atoms with van der Waals surface area (Å²) in [6, 6.07) is 4.33. The first-order valence-corrected chi connectivity index (χ1v) is 6.78. The predicted octanol–water partition coefficient (Wildman–Crippen LogP) is 2.15. The van der Waals surface area contributed by atoms with E-state index in [-0.39, 0.29) is 11.3 Å². The molecule has 104 valence electrons. The van der Waals surface area contributed by atoms with E-state index < -0.39 is 12.0 Å². The number of halogens is 1. The number of carboxylic acid groups (broad SMARTS) is 1. The Morgan fingerprint density at radius 2 is 2.16 bits per heavy atom. The number of carbonyl (C=O) groups excluding carboxylic acids is 1. The maximum atomic E-state index is 11.6. The Kier molecular flexibility index (Phi) is 6.57. The van der Waals surface area contributed by atoms with Crippen LogP contribution >= 0.6 is 22.6 Å². The second kappa shape index (κ2) is 7.95. The highest BCUT2D eigenvalue weighted by Gasteiger charge is 2.12. The van der Waals surface area contributed by atoms with Crippen molar-refractivity contribution in [1.82, 2.24) is 5.32 Å². The Morgan fingerprint density at radius 3 is 2.79 bits per heavy atom. The number of hydrogen-bond acceptors (Lipinski definition) is 3. The highest BCUT2D eigenvalue weighted by Crippen LogP contribution is 2.18. The van der Waals surface area contributed by atoms with Gasteiger partial charge in [-0.15, -0.1) is 0 Å². The van der Waals surface area contributed by atoms with Gasteiger partial charge >= 0.3 is 12.0 Å². The molecule has 0 aliphatic carbocycles. The Bertz CT molecular complexity index is 465. The molecular weight excluding hydrogens is 363 g/mol. The highest BCUT2D eigenvalue weighted by atomic mass is 127. The van der Waals surface area contributed by atoms with Crippen molar-refractivity contribution in [2.45, 2.75) is 6.92 Å². The van der Waals surface area contributed by atoms with Crippen LogP contribution in [0.25, 0.3) is 0 Å². The fourth-order valence-electron chi connectivity index (χ4n) is 1.35. The lowest BCUT2D eigenvalue weighted by Crippen LogP contribution is -2.32. The minimum atomic E-state index is -1.08. The van der Waals surface area contributed by atoms with Gasteiger partial charge in [-0.05, 0) is 47.7 Å². The first-order chi connectivity index (χ1) is 9.04. The van der Waals surface area contributed by atoms with Crippen LogP contribution in [-0.2, 0) is 4.74 Å². The third kappa shape index (κ3) is 5.43. The number of nitrogens with one attached hydrogen (secondary N) is 2. The molecule has 3 N–H and O–H groups in total. The maximum absolute atomic E-state index is 11.6. The minimum Gasteiger partial charge on any atom is -0.478 e. The van der Waals surface area contributed by atoms with E-state index >= 15 is 0 Å². The van der Waals surface area contributed by atoms with Crippen molar-refractivity contribution in [1.29, 1.82) is 0 Å². The SMILES string of the molecule is CCOCCNC(=O)Nc1ccc(I)cc1C(=O)O. The zero-order chi connectivity index (χ0) is 14.3. The minimum absolute atomic E-state index is 0.0619. The molecule has 1 rings (SSSR count). The molecule has 0 aliphatic heterocycles. The number of urea groups is 1. The Morgan fingerprint density at radius 1 is 1.42 bits per heavy atom. The van der Waals surface area contributed by atoms with Crippen molar-refractivity contribution in [3.8, 4) is 0 Å². The number of carbonyl (C=O) groups is 2. The lowest BCUT2D eigenvalue weighted by atomic mass is 10.2. The Balaban J connectivity index is 2.61. The second-order valence-electron chi connectivity index (χ2n) is 3.57. The van der Waals surface area contributed by atoms with Gasteiger partial charge in [-0.2, -0.15) is 0 Å². The summed E-state index contributed by atoms with van der Waals surface area (Å²) < 4.78 is 5.86. The van der Waals surface area contributed by atoms with Crippen LogP contribution in [0, 0.1) is 3.57 Å². The molecule has 0 bridgehead atoms. The van der Waals surface area contributed by atoms with Gasteiger partial charge in [0.25, 0.3) is 0 Å². The first-order valence-electron chi connectivity index (χ1n) is 5.70. The molecule has 0 atom stereocenters. The van der Waals surface area contributed by atoms with Crippen LogP contribution < -0.4 is 10.6 Å². The monoisotopic (exact) mass is 378 g/mol. The van der Waals surface area contributed by atoms with Crippen molar-refractivity contribution in [2.24, 2.45) is 0 Å². The molecule has 0 unspecified atom stereocenters. The van der Waals surface area contributed by atoms with Crippen molar-refractivity contribution in [3.05, 3.63) is 27.3 Å². The smallest absolute Gasteiger partial charge is 0.337 e. The van der Waals surface area contributed by atoms with Gasteiger partial charge in [0.2, 0.25) is 0 Å². The number of benzene rings is 1. The van der Waals surface area contributed by atoms with Crippen LogP contribution in [0.4, 0.5) is 10.5 Å². The Hall–Kier alpha value is -1.35. The molecule has 0 spiro atoms. The predicted molar refractivity (Wildman–Crippen MR) is 79.6 cm³/mol. The molecule has 0 aromatic heterocycles. The molecule has 1 aromatic carbocycles. The molecule has 6 nitrogen and oxygen atoms in total. The van der Waals surface area contributed by atoms with Crippen LogP contribution in [0.3, 0.4) is 0 Å². The summed E-state index contributed by atoms with van der Waals surface area (Å²) in [6.45, 7) is 3.24. The quantitative estimate of drug-likeness (QED) is 0.523. The summed E-state index contributed by atoms with van der Waals surface area (Å²) in [6.07, 6.45) is 0. The summed E-state index contributed by atoms with van der Waals surface area (Å²) >= 11 is 2.01. The molecule has 0 saturated carbocycles. The van der Waals surface area contributed by atoms with E-state index in [1.807, 2.05) is 29.5 Å². The van der Waals surface area contributed by atoms with Crippen LogP contribution in [0.2, 0.25) is 0 Å². The maximum Gasteiger partial charge on any atom is 0.337 e. The number of carboxylic acids is 1. The topological polar surface area (TPSA) is 87.7 Å². The lowest BCUT2D eigenvalue weighted by Gasteiger charge is -2.10. The number of anilines is 1. The zero-order valence-corrected chi connectivity index (χ0v) is 12.6.